The van der Waals surface area contributed by atoms with E-state index in [4.69, 9.17) is 9.47 Å². The molecule has 0 aromatic heterocycles. The third-order valence-electron chi connectivity index (χ3n) is 7.27. The maximum atomic E-state index is 15.8. The summed E-state index contributed by atoms with van der Waals surface area (Å²) < 4.78 is 41.5. The number of alkyl halides is 2. The number of hydrogen-bond acceptors (Lipinski definition) is 8. The van der Waals surface area contributed by atoms with Gasteiger partial charge in [-0.25, -0.2) is 9.59 Å². The van der Waals surface area contributed by atoms with Crippen LogP contribution < -0.4 is 21.3 Å². The lowest BCUT2D eigenvalue weighted by molar-refractivity contribution is -0.170. The second-order valence-corrected chi connectivity index (χ2v) is 12.9. The van der Waals surface area contributed by atoms with E-state index in [0.717, 1.165) is 7.11 Å². The standard InChI is InChI=1S/C32H50F2N4O8/c1-11-19(6)23(28(42)45-10)35-26(40)21(17(2)3)37-29(43)32(33,34)25(39)24(20-15-13-12-14-16-20)36-27(41)22(18(4)5)38-30(44)46-31(7,8)9/h12-19,21-25,39H,11H2,1-10H3,(H,35,40)(H,36,41)(H,37,43)(H,38,44)/t19-,21-,22-,23-,24-,25+/m0/s1. The molecule has 0 bridgehead atoms. The van der Waals surface area contributed by atoms with E-state index in [-0.39, 0.29) is 11.5 Å². The average molecular weight is 657 g/mol. The van der Waals surface area contributed by atoms with Crippen molar-refractivity contribution >= 4 is 29.8 Å². The van der Waals surface area contributed by atoms with E-state index in [2.05, 4.69) is 16.0 Å². The Hall–Kier alpha value is -3.81. The first-order valence-corrected chi connectivity index (χ1v) is 15.3. The van der Waals surface area contributed by atoms with Gasteiger partial charge in [-0.3, -0.25) is 14.4 Å². The van der Waals surface area contributed by atoms with Crippen LogP contribution in [-0.2, 0) is 28.7 Å². The number of nitrogens with one attached hydrogen (secondary N) is 4. The molecule has 1 aromatic carbocycles. The van der Waals surface area contributed by atoms with Gasteiger partial charge in [0.05, 0.1) is 13.2 Å². The number of carbonyl (C=O) groups excluding carboxylic acids is 5. The van der Waals surface area contributed by atoms with Gasteiger partial charge >= 0.3 is 18.0 Å². The third kappa shape index (κ3) is 11.5. The minimum Gasteiger partial charge on any atom is -0.467 e. The number of aliphatic hydroxyl groups is 1. The molecule has 6 atom stereocenters. The highest BCUT2D eigenvalue weighted by Gasteiger charge is 2.52. The lowest BCUT2D eigenvalue weighted by Gasteiger charge is -2.33. The largest absolute Gasteiger partial charge is 0.467 e. The van der Waals surface area contributed by atoms with Crippen LogP contribution in [0.3, 0.4) is 0 Å². The molecule has 260 valence electrons. The number of methoxy groups -OCH3 is 1. The second kappa shape index (κ2) is 17.2. The molecule has 0 heterocycles. The summed E-state index contributed by atoms with van der Waals surface area (Å²) in [7, 11) is 1.15. The SMILES string of the molecule is CC[C@H](C)[C@H](NC(=O)[C@@H](NC(=O)C(F)(F)[C@H](O)[C@@H](NC(=O)[C@@H](NC(=O)OC(C)(C)C)C(C)C)c1ccccc1)C(C)C)C(=O)OC. The number of halogens is 2. The Morgan fingerprint density at radius 2 is 1.30 bits per heavy atom. The van der Waals surface area contributed by atoms with Crippen LogP contribution in [0.2, 0.25) is 0 Å². The van der Waals surface area contributed by atoms with Gasteiger partial charge in [0.15, 0.2) is 6.10 Å². The number of alkyl carbamates (subject to hydrolysis) is 1. The van der Waals surface area contributed by atoms with E-state index in [9.17, 15) is 29.1 Å². The van der Waals surface area contributed by atoms with Crippen LogP contribution >= 0.6 is 0 Å². The Bertz CT molecular complexity index is 1190. The number of hydrogen-bond donors (Lipinski definition) is 5. The number of rotatable bonds is 15. The van der Waals surface area contributed by atoms with Crippen LogP contribution in [0, 0.1) is 17.8 Å². The van der Waals surface area contributed by atoms with Gasteiger partial charge in [-0.1, -0.05) is 78.3 Å². The van der Waals surface area contributed by atoms with Crippen LogP contribution in [0.1, 0.15) is 80.3 Å². The smallest absolute Gasteiger partial charge is 0.408 e. The van der Waals surface area contributed by atoms with E-state index in [0.29, 0.717) is 6.42 Å². The van der Waals surface area contributed by atoms with Gasteiger partial charge in [0.2, 0.25) is 11.8 Å². The Morgan fingerprint density at radius 1 is 0.804 bits per heavy atom. The van der Waals surface area contributed by atoms with Gasteiger partial charge in [-0.15, -0.1) is 0 Å². The predicted molar refractivity (Wildman–Crippen MR) is 166 cm³/mol. The summed E-state index contributed by atoms with van der Waals surface area (Å²) in [6.07, 6.45) is -3.24. The third-order valence-corrected chi connectivity index (χ3v) is 7.27. The predicted octanol–water partition coefficient (Wildman–Crippen LogP) is 3.23. The average Bonchev–Trinajstić information content (AvgIpc) is 2.97. The van der Waals surface area contributed by atoms with E-state index >= 15 is 8.78 Å². The van der Waals surface area contributed by atoms with Crippen molar-refractivity contribution in [3.05, 3.63) is 35.9 Å². The first-order valence-electron chi connectivity index (χ1n) is 15.3. The first kappa shape index (κ1) is 40.2. The topological polar surface area (TPSA) is 172 Å². The molecule has 0 aliphatic heterocycles. The van der Waals surface area contributed by atoms with Gasteiger partial charge < -0.3 is 35.8 Å². The summed E-state index contributed by atoms with van der Waals surface area (Å²) in [6, 6.07) is 1.64. The molecular formula is C32H50F2N4O8. The zero-order chi connectivity index (χ0) is 35.6. The van der Waals surface area contributed by atoms with Crippen LogP contribution in [0.15, 0.2) is 30.3 Å². The minimum absolute atomic E-state index is 0.0447. The molecule has 0 fully saturated rings. The van der Waals surface area contributed by atoms with E-state index < -0.39 is 83.4 Å². The Kier molecular flexibility index (Phi) is 15.0. The number of benzene rings is 1. The fourth-order valence-corrected chi connectivity index (χ4v) is 4.37. The molecule has 0 unspecified atom stereocenters. The molecule has 14 heteroatoms. The molecule has 0 spiro atoms. The highest BCUT2D eigenvalue weighted by atomic mass is 19.3. The normalized spacial score (nSPS) is 15.9. The van der Waals surface area contributed by atoms with Crippen LogP contribution in [0.4, 0.5) is 13.6 Å². The molecule has 0 saturated carbocycles. The van der Waals surface area contributed by atoms with Gasteiger partial charge in [-0.05, 0) is 44.1 Å². The summed E-state index contributed by atoms with van der Waals surface area (Å²) in [5, 5.41) is 20.3. The van der Waals surface area contributed by atoms with Crippen molar-refractivity contribution in [2.75, 3.05) is 7.11 Å². The highest BCUT2D eigenvalue weighted by molar-refractivity contribution is 5.93. The number of esters is 1. The molecule has 1 aromatic rings. The molecule has 5 N–H and O–H groups in total. The van der Waals surface area contributed by atoms with Gasteiger partial charge in [-0.2, -0.15) is 8.78 Å². The quantitative estimate of drug-likeness (QED) is 0.179. The van der Waals surface area contributed by atoms with Crippen molar-refractivity contribution in [3.8, 4) is 0 Å². The van der Waals surface area contributed by atoms with Gasteiger partial charge in [0.1, 0.15) is 23.7 Å². The zero-order valence-electron chi connectivity index (χ0n) is 28.3. The second-order valence-electron chi connectivity index (χ2n) is 12.9. The first-order chi connectivity index (χ1) is 21.2. The molecule has 1 rings (SSSR count). The number of aliphatic hydroxyl groups excluding tert-OH is 1. The van der Waals surface area contributed by atoms with Crippen LogP contribution in [0.5, 0.6) is 0 Å². The van der Waals surface area contributed by atoms with Crippen LogP contribution in [-0.4, -0.2) is 77.8 Å². The highest BCUT2D eigenvalue weighted by Crippen LogP contribution is 2.30. The van der Waals surface area contributed by atoms with E-state index in [1.807, 2.05) is 5.32 Å². The molecule has 0 aliphatic carbocycles. The van der Waals surface area contributed by atoms with Crippen molar-refractivity contribution in [1.82, 2.24) is 21.3 Å². The fourth-order valence-electron chi connectivity index (χ4n) is 4.37. The van der Waals surface area contributed by atoms with E-state index in [1.54, 1.807) is 54.5 Å². The monoisotopic (exact) mass is 656 g/mol. The number of ether oxygens (including phenoxy) is 2. The van der Waals surface area contributed by atoms with Crippen molar-refractivity contribution in [3.63, 3.8) is 0 Å². The summed E-state index contributed by atoms with van der Waals surface area (Å²) in [5.74, 6) is -10.7. The molecule has 4 amide bonds. The Morgan fingerprint density at radius 3 is 1.76 bits per heavy atom. The Labute approximate surface area is 269 Å². The molecule has 0 radical (unpaired) electrons. The minimum atomic E-state index is -4.54. The molecular weight excluding hydrogens is 606 g/mol. The summed E-state index contributed by atoms with van der Waals surface area (Å²) in [6.45, 7) is 14.6. The number of amides is 4. The van der Waals surface area contributed by atoms with Crippen molar-refractivity contribution in [2.24, 2.45) is 17.8 Å². The van der Waals surface area contributed by atoms with Crippen molar-refractivity contribution < 1.29 is 47.3 Å². The van der Waals surface area contributed by atoms with Gasteiger partial charge in [0, 0.05) is 0 Å². The van der Waals surface area contributed by atoms with Crippen molar-refractivity contribution in [1.29, 1.82) is 0 Å². The molecule has 12 nitrogen and oxygen atoms in total. The van der Waals surface area contributed by atoms with Crippen LogP contribution in [0.25, 0.3) is 0 Å². The Balaban J connectivity index is 3.34. The van der Waals surface area contributed by atoms with Crippen molar-refractivity contribution in [2.45, 2.75) is 111 Å². The van der Waals surface area contributed by atoms with E-state index in [1.165, 1.54) is 38.1 Å². The lowest BCUT2D eigenvalue weighted by atomic mass is 9.94. The fraction of sp³-hybridized carbons (Fsp3) is 0.656. The zero-order valence-corrected chi connectivity index (χ0v) is 28.3. The summed E-state index contributed by atoms with van der Waals surface area (Å²) in [5.41, 5.74) is -0.831. The maximum absolute atomic E-state index is 15.8. The summed E-state index contributed by atoms with van der Waals surface area (Å²) >= 11 is 0. The van der Waals surface area contributed by atoms with Gasteiger partial charge in [0.25, 0.3) is 5.91 Å². The number of carbonyl (C=O) groups is 5. The maximum Gasteiger partial charge on any atom is 0.408 e. The summed E-state index contributed by atoms with van der Waals surface area (Å²) in [4.78, 5) is 64.2. The molecule has 46 heavy (non-hydrogen) atoms. The molecule has 0 aliphatic rings. The lowest BCUT2D eigenvalue weighted by Crippen LogP contribution is -2.61. The molecule has 0 saturated heterocycles.